The van der Waals surface area contributed by atoms with Gasteiger partial charge in [-0.05, 0) is 30.4 Å². The highest BCUT2D eigenvalue weighted by atomic mass is 32.2. The molecule has 1 aromatic heterocycles. The topological polar surface area (TPSA) is 24.9 Å². The van der Waals surface area contributed by atoms with Crippen molar-refractivity contribution in [2.45, 2.75) is 19.9 Å². The van der Waals surface area contributed by atoms with Crippen molar-refractivity contribution in [2.24, 2.45) is 0 Å². The smallest absolute Gasteiger partial charge is 0.0293 e. The lowest BCUT2D eigenvalue weighted by atomic mass is 10.1. The molecule has 1 heterocycles. The largest absolute Gasteiger partial charge is 0.309 e. The lowest BCUT2D eigenvalue weighted by Crippen LogP contribution is -2.21. The van der Waals surface area contributed by atoms with Crippen LogP contribution in [0.3, 0.4) is 0 Å². The van der Waals surface area contributed by atoms with Crippen LogP contribution in [0.25, 0.3) is 0 Å². The number of hydrogen-bond donors (Lipinski definition) is 1. The first-order valence-corrected chi connectivity index (χ1v) is 6.21. The van der Waals surface area contributed by atoms with E-state index in [-0.39, 0.29) is 0 Å². The highest BCUT2D eigenvalue weighted by Gasteiger charge is 2.02. The maximum atomic E-state index is 4.01. The lowest BCUT2D eigenvalue weighted by molar-refractivity contribution is 0.600. The summed E-state index contributed by atoms with van der Waals surface area (Å²) >= 11 is 1.97. The summed E-state index contributed by atoms with van der Waals surface area (Å²) in [7, 11) is 0. The molecule has 0 radical (unpaired) electrons. The van der Waals surface area contributed by atoms with E-state index in [2.05, 4.69) is 36.3 Å². The highest BCUT2D eigenvalue weighted by Crippen LogP contribution is 2.09. The predicted molar refractivity (Wildman–Crippen MR) is 63.7 cm³/mol. The van der Waals surface area contributed by atoms with E-state index in [1.165, 1.54) is 17.1 Å². The summed E-state index contributed by atoms with van der Waals surface area (Å²) in [6, 6.07) is 4.55. The van der Waals surface area contributed by atoms with E-state index in [4.69, 9.17) is 0 Å². The van der Waals surface area contributed by atoms with Crippen LogP contribution < -0.4 is 5.32 Å². The minimum atomic E-state index is 0.426. The number of nitrogens with one attached hydrogen (secondary N) is 1. The van der Waals surface area contributed by atoms with Crippen LogP contribution in [0.1, 0.15) is 25.5 Å². The molecule has 1 N–H and O–H groups in total. The average molecular weight is 210 g/mol. The fraction of sp³-hybridized carbons (Fsp3) is 0.545. The molecule has 0 aliphatic carbocycles. The Morgan fingerprint density at radius 3 is 2.79 bits per heavy atom. The molecule has 14 heavy (non-hydrogen) atoms. The first-order valence-electron chi connectivity index (χ1n) is 5.05. The predicted octanol–water partition coefficient (Wildman–Crippen LogP) is 2.49. The molecular weight excluding hydrogens is 192 g/mol. The van der Waals surface area contributed by atoms with Crippen molar-refractivity contribution in [3.05, 3.63) is 30.1 Å². The first kappa shape index (κ1) is 11.5. The Kier molecular flexibility index (Phi) is 5.64. The van der Waals surface area contributed by atoms with Gasteiger partial charge in [0.25, 0.3) is 0 Å². The molecule has 0 amide bonds. The monoisotopic (exact) mass is 210 g/mol. The molecule has 1 atom stereocenters. The van der Waals surface area contributed by atoms with Crippen LogP contribution in [-0.2, 0) is 0 Å². The third kappa shape index (κ3) is 4.11. The number of rotatable bonds is 6. The average Bonchev–Trinajstić information content (AvgIpc) is 2.25. The Labute approximate surface area is 90.5 Å². The van der Waals surface area contributed by atoms with Crippen molar-refractivity contribution >= 4 is 11.8 Å². The van der Waals surface area contributed by atoms with Crippen LogP contribution >= 0.6 is 11.8 Å². The third-order valence-corrected chi connectivity index (χ3v) is 3.01. The molecular formula is C11H18N2S. The Hall–Kier alpha value is -0.540. The summed E-state index contributed by atoms with van der Waals surface area (Å²) in [4.78, 5) is 4.01. The van der Waals surface area contributed by atoms with Crippen LogP contribution in [0.4, 0.5) is 0 Å². The quantitative estimate of drug-likeness (QED) is 0.730. The van der Waals surface area contributed by atoms with E-state index in [1.807, 2.05) is 24.2 Å². The van der Waals surface area contributed by atoms with Crippen LogP contribution in [0, 0.1) is 0 Å². The van der Waals surface area contributed by atoms with Crippen LogP contribution in [0.15, 0.2) is 24.5 Å². The van der Waals surface area contributed by atoms with Gasteiger partial charge >= 0.3 is 0 Å². The van der Waals surface area contributed by atoms with Crippen molar-refractivity contribution in [3.8, 4) is 0 Å². The van der Waals surface area contributed by atoms with Crippen LogP contribution in [-0.4, -0.2) is 23.0 Å². The van der Waals surface area contributed by atoms with Gasteiger partial charge in [0, 0.05) is 30.7 Å². The van der Waals surface area contributed by atoms with Crippen molar-refractivity contribution in [3.63, 3.8) is 0 Å². The van der Waals surface area contributed by atoms with Gasteiger partial charge in [-0.25, -0.2) is 0 Å². The van der Waals surface area contributed by atoms with Gasteiger partial charge in [0.15, 0.2) is 0 Å². The van der Waals surface area contributed by atoms with E-state index < -0.39 is 0 Å². The van der Waals surface area contributed by atoms with Crippen LogP contribution in [0.5, 0.6) is 0 Å². The molecule has 0 aromatic carbocycles. The molecule has 1 aromatic rings. The van der Waals surface area contributed by atoms with E-state index in [0.717, 1.165) is 6.54 Å². The van der Waals surface area contributed by atoms with Gasteiger partial charge in [0.05, 0.1) is 0 Å². The Morgan fingerprint density at radius 1 is 1.43 bits per heavy atom. The number of aromatic nitrogens is 1. The number of thioether (sulfide) groups is 1. The summed E-state index contributed by atoms with van der Waals surface area (Å²) in [6.45, 7) is 5.45. The molecule has 2 nitrogen and oxygen atoms in total. The molecule has 0 fully saturated rings. The van der Waals surface area contributed by atoms with Gasteiger partial charge in [-0.15, -0.1) is 0 Å². The summed E-state index contributed by atoms with van der Waals surface area (Å²) in [5, 5.41) is 3.49. The van der Waals surface area contributed by atoms with Gasteiger partial charge in [-0.1, -0.05) is 6.92 Å². The third-order valence-electron chi connectivity index (χ3n) is 2.11. The van der Waals surface area contributed by atoms with Gasteiger partial charge in [0.1, 0.15) is 0 Å². The molecule has 78 valence electrons. The van der Waals surface area contributed by atoms with Crippen molar-refractivity contribution in [1.29, 1.82) is 0 Å². The molecule has 0 saturated heterocycles. The molecule has 0 spiro atoms. The second-order valence-electron chi connectivity index (χ2n) is 3.15. The minimum Gasteiger partial charge on any atom is -0.309 e. The summed E-state index contributed by atoms with van der Waals surface area (Å²) in [5.74, 6) is 2.39. The van der Waals surface area contributed by atoms with Crippen molar-refractivity contribution in [1.82, 2.24) is 10.3 Å². The molecule has 0 aliphatic heterocycles. The fourth-order valence-electron chi connectivity index (χ4n) is 1.26. The number of hydrogen-bond acceptors (Lipinski definition) is 3. The number of pyridine rings is 1. The maximum Gasteiger partial charge on any atom is 0.0293 e. The molecule has 0 bridgehead atoms. The lowest BCUT2D eigenvalue weighted by Gasteiger charge is -2.13. The highest BCUT2D eigenvalue weighted by molar-refractivity contribution is 7.99. The van der Waals surface area contributed by atoms with Gasteiger partial charge in [-0.3, -0.25) is 4.98 Å². The summed E-state index contributed by atoms with van der Waals surface area (Å²) in [6.07, 6.45) is 3.68. The van der Waals surface area contributed by atoms with Crippen molar-refractivity contribution < 1.29 is 0 Å². The molecule has 3 heteroatoms. The van der Waals surface area contributed by atoms with Gasteiger partial charge < -0.3 is 5.32 Å². The Bertz CT molecular complexity index is 238. The first-order chi connectivity index (χ1) is 6.84. The van der Waals surface area contributed by atoms with E-state index in [1.54, 1.807) is 0 Å². The number of nitrogens with zero attached hydrogens (tertiary/aromatic N) is 1. The zero-order valence-electron chi connectivity index (χ0n) is 8.86. The van der Waals surface area contributed by atoms with Gasteiger partial charge in [0.2, 0.25) is 0 Å². The second-order valence-corrected chi connectivity index (χ2v) is 4.55. The standard InChI is InChI=1S/C11H18N2S/c1-3-14-9-8-13-10(2)11-4-6-12-7-5-11/h4-7,10,13H,3,8-9H2,1-2H3/t10-/m0/s1. The maximum absolute atomic E-state index is 4.01. The summed E-state index contributed by atoms with van der Waals surface area (Å²) < 4.78 is 0. The second kappa shape index (κ2) is 6.85. The SMILES string of the molecule is CCSCCN[C@@H](C)c1ccncc1. The molecule has 0 aliphatic rings. The van der Waals surface area contributed by atoms with Crippen molar-refractivity contribution in [2.75, 3.05) is 18.1 Å². The molecule has 1 rings (SSSR count). The van der Waals surface area contributed by atoms with Crippen LogP contribution in [0.2, 0.25) is 0 Å². The van der Waals surface area contributed by atoms with E-state index in [9.17, 15) is 0 Å². The molecule has 0 saturated carbocycles. The summed E-state index contributed by atoms with van der Waals surface area (Å²) in [5.41, 5.74) is 1.31. The van der Waals surface area contributed by atoms with Gasteiger partial charge in [-0.2, -0.15) is 11.8 Å². The Balaban J connectivity index is 2.25. The van der Waals surface area contributed by atoms with E-state index >= 15 is 0 Å². The van der Waals surface area contributed by atoms with E-state index in [0.29, 0.717) is 6.04 Å². The molecule has 0 unspecified atom stereocenters. The fourth-order valence-corrected chi connectivity index (χ4v) is 1.81. The normalized spacial score (nSPS) is 12.7. The Morgan fingerprint density at radius 2 is 2.14 bits per heavy atom. The minimum absolute atomic E-state index is 0.426. The zero-order valence-corrected chi connectivity index (χ0v) is 9.68. The zero-order chi connectivity index (χ0) is 10.2.